The molecule has 1 unspecified atom stereocenters. The predicted molar refractivity (Wildman–Crippen MR) is 65.2 cm³/mol. The van der Waals surface area contributed by atoms with Crippen LogP contribution >= 0.6 is 0 Å². The Morgan fingerprint density at radius 3 is 2.72 bits per heavy atom. The zero-order valence-electron chi connectivity index (χ0n) is 9.98. The summed E-state index contributed by atoms with van der Waals surface area (Å²) in [5.41, 5.74) is 1.42. The van der Waals surface area contributed by atoms with Crippen LogP contribution in [-0.4, -0.2) is 27.2 Å². The molecule has 0 bridgehead atoms. The van der Waals surface area contributed by atoms with Crippen LogP contribution < -0.4 is 0 Å². The fraction of sp³-hybridized carbons (Fsp3) is 0.231. The second-order valence-corrected chi connectivity index (χ2v) is 3.72. The summed E-state index contributed by atoms with van der Waals surface area (Å²) in [7, 11) is 0. The second-order valence-electron chi connectivity index (χ2n) is 3.72. The minimum Gasteiger partial charge on any atom is -0.464 e. The van der Waals surface area contributed by atoms with Crippen molar-refractivity contribution in [2.24, 2.45) is 0 Å². The van der Waals surface area contributed by atoms with Crippen LogP contribution in [0.3, 0.4) is 0 Å². The number of aliphatic hydroxyl groups excluding tert-OH is 1. The Morgan fingerprint density at radius 1 is 1.44 bits per heavy atom. The van der Waals surface area contributed by atoms with Gasteiger partial charge in [0.05, 0.1) is 12.9 Å². The van der Waals surface area contributed by atoms with Crippen molar-refractivity contribution in [2.45, 2.75) is 13.0 Å². The third-order valence-electron chi connectivity index (χ3n) is 2.52. The number of aliphatic hydroxyl groups is 1. The molecule has 0 aliphatic heterocycles. The average molecular weight is 246 g/mol. The minimum atomic E-state index is -1.23. The lowest BCUT2D eigenvalue weighted by Crippen LogP contribution is -2.15. The van der Waals surface area contributed by atoms with Crippen molar-refractivity contribution < 1.29 is 14.6 Å². The summed E-state index contributed by atoms with van der Waals surface area (Å²) in [4.78, 5) is 15.3. The molecule has 0 saturated carbocycles. The number of aromatic nitrogens is 2. The van der Waals surface area contributed by atoms with E-state index in [-0.39, 0.29) is 6.61 Å². The van der Waals surface area contributed by atoms with Crippen molar-refractivity contribution in [3.05, 3.63) is 48.5 Å². The van der Waals surface area contributed by atoms with Crippen molar-refractivity contribution in [1.29, 1.82) is 0 Å². The highest BCUT2D eigenvalue weighted by Gasteiger charge is 2.18. The van der Waals surface area contributed by atoms with E-state index in [1.54, 1.807) is 43.7 Å². The number of rotatable bonds is 4. The molecule has 0 aliphatic carbocycles. The number of carbonyl (C=O) groups is 1. The molecule has 18 heavy (non-hydrogen) atoms. The summed E-state index contributed by atoms with van der Waals surface area (Å²) in [5.74, 6) is -0.632. The Morgan fingerprint density at radius 2 is 2.17 bits per heavy atom. The Bertz CT molecular complexity index is 506. The first-order valence-electron chi connectivity index (χ1n) is 5.65. The highest BCUT2D eigenvalue weighted by molar-refractivity contribution is 5.76. The molecule has 1 heterocycles. The second kappa shape index (κ2) is 5.46. The van der Waals surface area contributed by atoms with Crippen LogP contribution in [0.25, 0.3) is 5.69 Å². The smallest absolute Gasteiger partial charge is 0.339 e. The maximum Gasteiger partial charge on any atom is 0.339 e. The number of esters is 1. The summed E-state index contributed by atoms with van der Waals surface area (Å²) in [6.07, 6.45) is 3.94. The molecule has 0 amide bonds. The molecule has 94 valence electrons. The summed E-state index contributed by atoms with van der Waals surface area (Å²) in [6.45, 7) is 1.95. The topological polar surface area (TPSA) is 64.3 Å². The van der Waals surface area contributed by atoms with E-state index in [0.717, 1.165) is 5.69 Å². The van der Waals surface area contributed by atoms with Crippen LogP contribution in [0.1, 0.15) is 18.6 Å². The maximum absolute atomic E-state index is 11.4. The van der Waals surface area contributed by atoms with Crippen LogP contribution in [0.5, 0.6) is 0 Å². The van der Waals surface area contributed by atoms with E-state index in [0.29, 0.717) is 5.56 Å². The van der Waals surface area contributed by atoms with Gasteiger partial charge in [-0.1, -0.05) is 12.1 Å². The minimum absolute atomic E-state index is 0.253. The Hall–Kier alpha value is -2.14. The summed E-state index contributed by atoms with van der Waals surface area (Å²) >= 11 is 0. The largest absolute Gasteiger partial charge is 0.464 e. The molecule has 1 aromatic heterocycles. The van der Waals surface area contributed by atoms with E-state index >= 15 is 0 Å². The highest BCUT2D eigenvalue weighted by atomic mass is 16.5. The third kappa shape index (κ3) is 2.57. The molecule has 0 radical (unpaired) electrons. The van der Waals surface area contributed by atoms with Crippen molar-refractivity contribution >= 4 is 5.97 Å². The van der Waals surface area contributed by atoms with Gasteiger partial charge in [0.25, 0.3) is 0 Å². The van der Waals surface area contributed by atoms with Gasteiger partial charge in [-0.25, -0.2) is 9.78 Å². The lowest BCUT2D eigenvalue weighted by atomic mass is 10.1. The molecular formula is C13H14N2O3. The van der Waals surface area contributed by atoms with Gasteiger partial charge in [0.15, 0.2) is 6.10 Å². The molecule has 5 nitrogen and oxygen atoms in total. The van der Waals surface area contributed by atoms with Gasteiger partial charge in [-0.2, -0.15) is 0 Å². The van der Waals surface area contributed by atoms with Gasteiger partial charge in [-0.3, -0.25) is 0 Å². The Labute approximate surface area is 105 Å². The van der Waals surface area contributed by atoms with Crippen molar-refractivity contribution in [3.63, 3.8) is 0 Å². The molecule has 0 aliphatic rings. The van der Waals surface area contributed by atoms with Crippen LogP contribution in [0.15, 0.2) is 43.0 Å². The number of ether oxygens (including phenoxy) is 1. The number of imidazole rings is 1. The van der Waals surface area contributed by atoms with Crippen LogP contribution in [0, 0.1) is 0 Å². The molecule has 1 aromatic carbocycles. The fourth-order valence-electron chi connectivity index (χ4n) is 1.60. The van der Waals surface area contributed by atoms with Crippen LogP contribution in [0.4, 0.5) is 0 Å². The number of hydrogen-bond acceptors (Lipinski definition) is 4. The summed E-state index contributed by atoms with van der Waals surface area (Å²) < 4.78 is 6.59. The normalized spacial score (nSPS) is 12.1. The number of benzene rings is 1. The van der Waals surface area contributed by atoms with E-state index in [2.05, 4.69) is 4.98 Å². The molecule has 2 aromatic rings. The molecular weight excluding hydrogens is 232 g/mol. The summed E-state index contributed by atoms with van der Waals surface area (Å²) in [5, 5.41) is 9.75. The van der Waals surface area contributed by atoms with Gasteiger partial charge >= 0.3 is 5.97 Å². The zero-order valence-corrected chi connectivity index (χ0v) is 9.98. The average Bonchev–Trinajstić information content (AvgIpc) is 2.92. The molecule has 1 N–H and O–H groups in total. The van der Waals surface area contributed by atoms with Crippen LogP contribution in [-0.2, 0) is 9.53 Å². The zero-order chi connectivity index (χ0) is 13.0. The molecule has 0 saturated heterocycles. The maximum atomic E-state index is 11.4. The first kappa shape index (κ1) is 12.3. The van der Waals surface area contributed by atoms with E-state index in [9.17, 15) is 9.90 Å². The number of nitrogens with zero attached hydrogens (tertiary/aromatic N) is 2. The SMILES string of the molecule is CCOC(=O)C(O)c1ccc(-n2ccnc2)cc1. The lowest BCUT2D eigenvalue weighted by Gasteiger charge is -2.10. The Balaban J connectivity index is 2.15. The quantitative estimate of drug-likeness (QED) is 0.830. The van der Waals surface area contributed by atoms with Gasteiger partial charge in [0.1, 0.15) is 0 Å². The Kier molecular flexibility index (Phi) is 3.74. The van der Waals surface area contributed by atoms with Crippen molar-refractivity contribution in [2.75, 3.05) is 6.61 Å². The van der Waals surface area contributed by atoms with E-state index in [1.807, 2.05) is 10.8 Å². The van der Waals surface area contributed by atoms with E-state index in [1.165, 1.54) is 0 Å². The number of carbonyl (C=O) groups excluding carboxylic acids is 1. The molecule has 5 heteroatoms. The van der Waals surface area contributed by atoms with Gasteiger partial charge in [0.2, 0.25) is 0 Å². The van der Waals surface area contributed by atoms with Crippen molar-refractivity contribution in [1.82, 2.24) is 9.55 Å². The third-order valence-corrected chi connectivity index (χ3v) is 2.52. The molecule has 2 rings (SSSR count). The van der Waals surface area contributed by atoms with Gasteiger partial charge in [0, 0.05) is 18.1 Å². The van der Waals surface area contributed by atoms with Gasteiger partial charge in [-0.15, -0.1) is 0 Å². The lowest BCUT2D eigenvalue weighted by molar-refractivity contribution is -0.153. The first-order valence-corrected chi connectivity index (χ1v) is 5.65. The predicted octanol–water partition coefficient (Wildman–Crippen LogP) is 1.47. The molecule has 1 atom stereocenters. The molecule has 0 fully saturated rings. The monoisotopic (exact) mass is 246 g/mol. The summed E-state index contributed by atoms with van der Waals surface area (Å²) in [6, 6.07) is 6.99. The standard InChI is InChI=1S/C13H14N2O3/c1-2-18-13(17)12(16)10-3-5-11(6-4-10)15-8-7-14-9-15/h3-9,12,16H,2H2,1H3. The number of hydrogen-bond donors (Lipinski definition) is 1. The first-order chi connectivity index (χ1) is 8.72. The van der Waals surface area contributed by atoms with Gasteiger partial charge < -0.3 is 14.4 Å². The van der Waals surface area contributed by atoms with E-state index < -0.39 is 12.1 Å². The van der Waals surface area contributed by atoms with Crippen molar-refractivity contribution in [3.8, 4) is 5.69 Å². The fourth-order valence-corrected chi connectivity index (χ4v) is 1.60. The van der Waals surface area contributed by atoms with Crippen LogP contribution in [0.2, 0.25) is 0 Å². The van der Waals surface area contributed by atoms with Gasteiger partial charge in [-0.05, 0) is 24.6 Å². The van der Waals surface area contributed by atoms with E-state index in [4.69, 9.17) is 4.74 Å². The highest BCUT2D eigenvalue weighted by Crippen LogP contribution is 2.17. The molecule has 0 spiro atoms.